The minimum atomic E-state index is 0.533. The van der Waals surface area contributed by atoms with E-state index in [1.54, 1.807) is 0 Å². The van der Waals surface area contributed by atoms with Gasteiger partial charge >= 0.3 is 0 Å². The van der Waals surface area contributed by atoms with E-state index in [4.69, 9.17) is 23.2 Å². The molecule has 0 heterocycles. The maximum absolute atomic E-state index is 6.11. The Morgan fingerprint density at radius 2 is 2.06 bits per heavy atom. The summed E-state index contributed by atoms with van der Waals surface area (Å²) in [5.74, 6) is 0.811. The van der Waals surface area contributed by atoms with E-state index in [1.165, 1.54) is 6.42 Å². The smallest absolute Gasteiger partial charge is 0.0637 e. The van der Waals surface area contributed by atoms with Crippen LogP contribution in [0.4, 0.5) is 0 Å². The summed E-state index contributed by atoms with van der Waals surface area (Å²) in [7, 11) is 0. The molecule has 1 atom stereocenters. The molecule has 1 aliphatic carbocycles. The molecule has 3 heteroatoms. The predicted molar refractivity (Wildman–Crippen MR) is 70.1 cm³/mol. The molecule has 88 valence electrons. The van der Waals surface area contributed by atoms with Gasteiger partial charge in [-0.05, 0) is 35.9 Å². The van der Waals surface area contributed by atoms with Gasteiger partial charge in [-0.1, -0.05) is 49.2 Å². The Morgan fingerprint density at radius 3 is 2.69 bits per heavy atom. The van der Waals surface area contributed by atoms with Crippen LogP contribution in [0.2, 0.25) is 10.0 Å². The van der Waals surface area contributed by atoms with Crippen LogP contribution in [-0.2, 0) is 6.54 Å². The Bertz CT molecular complexity index is 388. The van der Waals surface area contributed by atoms with Crippen molar-refractivity contribution >= 4 is 23.2 Å². The van der Waals surface area contributed by atoms with Crippen LogP contribution < -0.4 is 5.32 Å². The quantitative estimate of drug-likeness (QED) is 0.856. The van der Waals surface area contributed by atoms with Gasteiger partial charge in [0.25, 0.3) is 0 Å². The van der Waals surface area contributed by atoms with Gasteiger partial charge in [-0.2, -0.15) is 0 Å². The van der Waals surface area contributed by atoms with Crippen molar-refractivity contribution in [3.8, 4) is 0 Å². The fourth-order valence-corrected chi connectivity index (χ4v) is 2.38. The van der Waals surface area contributed by atoms with E-state index >= 15 is 0 Å². The molecule has 0 spiro atoms. The number of hydrogen-bond donors (Lipinski definition) is 1. The van der Waals surface area contributed by atoms with Crippen molar-refractivity contribution in [2.45, 2.75) is 26.8 Å². The number of nitrogens with one attached hydrogen (secondary N) is 1. The van der Waals surface area contributed by atoms with Crippen LogP contribution in [0, 0.1) is 11.3 Å². The number of halogens is 2. The lowest BCUT2D eigenvalue weighted by Gasteiger charge is -2.08. The highest BCUT2D eigenvalue weighted by Gasteiger charge is 2.44. The predicted octanol–water partition coefficient (Wildman–Crippen LogP) is 4.13. The lowest BCUT2D eigenvalue weighted by molar-refractivity contribution is 0.519. The van der Waals surface area contributed by atoms with Gasteiger partial charge in [0.05, 0.1) is 10.0 Å². The van der Waals surface area contributed by atoms with Crippen LogP contribution in [-0.4, -0.2) is 6.54 Å². The average Bonchev–Trinajstić information content (AvgIpc) is 2.81. The van der Waals surface area contributed by atoms with Crippen molar-refractivity contribution in [2.75, 3.05) is 6.54 Å². The first-order valence-corrected chi connectivity index (χ1v) is 6.40. The Balaban J connectivity index is 1.84. The average molecular weight is 258 g/mol. The molecule has 1 saturated carbocycles. The SMILES string of the molecule is CC1(C)CC1CNCc1cccc(Cl)c1Cl. The van der Waals surface area contributed by atoms with Crippen molar-refractivity contribution in [3.05, 3.63) is 33.8 Å². The topological polar surface area (TPSA) is 12.0 Å². The van der Waals surface area contributed by atoms with Crippen LogP contribution in [0.25, 0.3) is 0 Å². The first kappa shape index (κ1) is 12.2. The van der Waals surface area contributed by atoms with Gasteiger partial charge in [-0.25, -0.2) is 0 Å². The van der Waals surface area contributed by atoms with Gasteiger partial charge in [0, 0.05) is 6.54 Å². The molecule has 0 amide bonds. The van der Waals surface area contributed by atoms with Crippen molar-refractivity contribution in [2.24, 2.45) is 11.3 Å². The zero-order valence-electron chi connectivity index (χ0n) is 9.69. The summed E-state index contributed by atoms with van der Waals surface area (Å²) in [6.07, 6.45) is 1.32. The summed E-state index contributed by atoms with van der Waals surface area (Å²) in [4.78, 5) is 0. The fraction of sp³-hybridized carbons (Fsp3) is 0.538. The molecule has 1 unspecified atom stereocenters. The van der Waals surface area contributed by atoms with Crippen LogP contribution in [0.15, 0.2) is 18.2 Å². The molecule has 1 aromatic rings. The first-order valence-electron chi connectivity index (χ1n) is 5.64. The zero-order valence-corrected chi connectivity index (χ0v) is 11.2. The number of hydrogen-bond acceptors (Lipinski definition) is 1. The van der Waals surface area contributed by atoms with Gasteiger partial charge in [0.15, 0.2) is 0 Å². The van der Waals surface area contributed by atoms with Crippen molar-refractivity contribution < 1.29 is 0 Å². The first-order chi connectivity index (χ1) is 7.50. The van der Waals surface area contributed by atoms with E-state index in [-0.39, 0.29) is 0 Å². The molecule has 0 bridgehead atoms. The standard InChI is InChI=1S/C13H17Cl2N/c1-13(2)6-10(13)8-16-7-9-4-3-5-11(14)12(9)15/h3-5,10,16H,6-8H2,1-2H3. The van der Waals surface area contributed by atoms with E-state index < -0.39 is 0 Å². The summed E-state index contributed by atoms with van der Waals surface area (Å²) in [5.41, 5.74) is 1.61. The number of rotatable bonds is 4. The maximum atomic E-state index is 6.11. The van der Waals surface area contributed by atoms with Crippen molar-refractivity contribution in [1.29, 1.82) is 0 Å². The molecule has 1 fully saturated rings. The van der Waals surface area contributed by atoms with Crippen LogP contribution in [0.5, 0.6) is 0 Å². The maximum Gasteiger partial charge on any atom is 0.0637 e. The monoisotopic (exact) mass is 257 g/mol. The summed E-state index contributed by atoms with van der Waals surface area (Å²) < 4.78 is 0. The molecule has 1 aliphatic rings. The fourth-order valence-electron chi connectivity index (χ4n) is 1.99. The largest absolute Gasteiger partial charge is 0.312 e. The van der Waals surface area contributed by atoms with E-state index in [0.29, 0.717) is 15.5 Å². The Hall–Kier alpha value is -0.240. The van der Waals surface area contributed by atoms with E-state index in [2.05, 4.69) is 19.2 Å². The Morgan fingerprint density at radius 1 is 1.38 bits per heavy atom. The molecule has 0 aliphatic heterocycles. The van der Waals surface area contributed by atoms with Gasteiger partial charge in [-0.15, -0.1) is 0 Å². The summed E-state index contributed by atoms with van der Waals surface area (Å²) >= 11 is 12.1. The molecule has 0 aromatic heterocycles. The molecule has 0 saturated heterocycles. The molecule has 1 N–H and O–H groups in total. The minimum absolute atomic E-state index is 0.533. The van der Waals surface area contributed by atoms with E-state index in [9.17, 15) is 0 Å². The molecular formula is C13H17Cl2N. The van der Waals surface area contributed by atoms with Crippen molar-refractivity contribution in [1.82, 2.24) is 5.32 Å². The van der Waals surface area contributed by atoms with Crippen LogP contribution in [0.3, 0.4) is 0 Å². The Kier molecular flexibility index (Phi) is 3.48. The van der Waals surface area contributed by atoms with E-state index in [0.717, 1.165) is 24.6 Å². The van der Waals surface area contributed by atoms with Crippen molar-refractivity contribution in [3.63, 3.8) is 0 Å². The zero-order chi connectivity index (χ0) is 11.8. The third-order valence-corrected chi connectivity index (χ3v) is 4.31. The number of benzene rings is 1. The summed E-state index contributed by atoms with van der Waals surface area (Å²) in [6.45, 7) is 6.49. The third kappa shape index (κ3) is 2.71. The highest BCUT2D eigenvalue weighted by atomic mass is 35.5. The lowest BCUT2D eigenvalue weighted by atomic mass is 10.1. The van der Waals surface area contributed by atoms with Gasteiger partial charge < -0.3 is 5.32 Å². The van der Waals surface area contributed by atoms with Gasteiger partial charge in [0.1, 0.15) is 0 Å². The van der Waals surface area contributed by atoms with Gasteiger partial charge in [0.2, 0.25) is 0 Å². The molecule has 1 nitrogen and oxygen atoms in total. The minimum Gasteiger partial charge on any atom is -0.312 e. The Labute approximate surface area is 107 Å². The molecule has 16 heavy (non-hydrogen) atoms. The second kappa shape index (κ2) is 4.56. The normalized spacial score (nSPS) is 22.1. The molecular weight excluding hydrogens is 241 g/mol. The summed E-state index contributed by atoms with van der Waals surface area (Å²) in [6, 6.07) is 5.77. The highest BCUT2D eigenvalue weighted by Crippen LogP contribution is 2.51. The van der Waals surface area contributed by atoms with Crippen LogP contribution in [0.1, 0.15) is 25.8 Å². The lowest BCUT2D eigenvalue weighted by Crippen LogP contribution is -2.18. The molecule has 0 radical (unpaired) electrons. The third-order valence-electron chi connectivity index (χ3n) is 3.46. The van der Waals surface area contributed by atoms with Crippen LogP contribution >= 0.6 is 23.2 Å². The second-order valence-corrected chi connectivity index (χ2v) is 6.02. The second-order valence-electron chi connectivity index (χ2n) is 5.23. The highest BCUT2D eigenvalue weighted by molar-refractivity contribution is 6.42. The summed E-state index contributed by atoms with van der Waals surface area (Å²) in [5, 5.41) is 4.75. The molecule has 1 aromatic carbocycles. The van der Waals surface area contributed by atoms with E-state index in [1.807, 2.05) is 18.2 Å². The van der Waals surface area contributed by atoms with Gasteiger partial charge in [-0.3, -0.25) is 0 Å². The molecule has 2 rings (SSSR count).